The first kappa shape index (κ1) is 17.4. The fourth-order valence-electron chi connectivity index (χ4n) is 4.65. The van der Waals surface area contributed by atoms with Crippen LogP contribution >= 0.6 is 0 Å². The number of benzene rings is 2. The number of allylic oxidation sites excluding steroid dienone is 1. The molecule has 0 radical (unpaired) electrons. The summed E-state index contributed by atoms with van der Waals surface area (Å²) in [6, 6.07) is 20.0. The van der Waals surface area contributed by atoms with Crippen molar-refractivity contribution in [3.05, 3.63) is 83.3 Å². The molecule has 2 aromatic rings. The zero-order valence-electron chi connectivity index (χ0n) is 16.1. The van der Waals surface area contributed by atoms with Gasteiger partial charge in [0, 0.05) is 18.0 Å². The zero-order valence-corrected chi connectivity index (χ0v) is 16.1. The summed E-state index contributed by atoms with van der Waals surface area (Å²) in [6.45, 7) is 2.40. The average molecular weight is 374 g/mol. The maximum absolute atomic E-state index is 5.79. The van der Waals surface area contributed by atoms with Gasteiger partial charge in [-0.15, -0.1) is 0 Å². The number of rotatable bonds is 6. The number of hydrogen-bond donors (Lipinski definition) is 0. The SMILES string of the molecule is C1=C(C(Cc2ccccc2)Cc2ccccc2C2=NCC3CCCN23)OCO1. The molecule has 5 rings (SSSR count). The van der Waals surface area contributed by atoms with Gasteiger partial charge in [0.15, 0.2) is 0 Å². The minimum absolute atomic E-state index is 0.252. The van der Waals surface area contributed by atoms with Crippen LogP contribution in [-0.2, 0) is 22.3 Å². The van der Waals surface area contributed by atoms with E-state index in [1.165, 1.54) is 35.4 Å². The third-order valence-corrected chi connectivity index (χ3v) is 6.05. The van der Waals surface area contributed by atoms with Crippen LogP contribution < -0.4 is 0 Å². The van der Waals surface area contributed by atoms with Crippen LogP contribution in [0.15, 0.2) is 71.6 Å². The summed E-state index contributed by atoms with van der Waals surface area (Å²) < 4.78 is 11.2. The predicted octanol–water partition coefficient (Wildman–Crippen LogP) is 4.16. The minimum atomic E-state index is 0.252. The van der Waals surface area contributed by atoms with Crippen LogP contribution in [0.3, 0.4) is 0 Å². The minimum Gasteiger partial charge on any atom is -0.462 e. The highest BCUT2D eigenvalue weighted by Gasteiger charge is 2.33. The molecule has 2 aromatic carbocycles. The van der Waals surface area contributed by atoms with E-state index in [2.05, 4.69) is 59.5 Å². The van der Waals surface area contributed by atoms with E-state index >= 15 is 0 Å². The summed E-state index contributed by atoms with van der Waals surface area (Å²) in [7, 11) is 0. The monoisotopic (exact) mass is 374 g/mol. The molecule has 1 saturated heterocycles. The lowest BCUT2D eigenvalue weighted by atomic mass is 9.89. The van der Waals surface area contributed by atoms with Gasteiger partial charge >= 0.3 is 0 Å². The maximum atomic E-state index is 5.79. The Morgan fingerprint density at radius 2 is 1.89 bits per heavy atom. The zero-order chi connectivity index (χ0) is 18.8. The predicted molar refractivity (Wildman–Crippen MR) is 110 cm³/mol. The van der Waals surface area contributed by atoms with E-state index in [4.69, 9.17) is 14.5 Å². The average Bonchev–Trinajstić information content (AvgIpc) is 3.47. The lowest BCUT2D eigenvalue weighted by Gasteiger charge is -2.23. The fourth-order valence-corrected chi connectivity index (χ4v) is 4.65. The van der Waals surface area contributed by atoms with Crippen LogP contribution in [0.1, 0.15) is 29.5 Å². The van der Waals surface area contributed by atoms with E-state index in [0.29, 0.717) is 12.8 Å². The van der Waals surface area contributed by atoms with Gasteiger partial charge in [0.05, 0.1) is 12.6 Å². The smallest absolute Gasteiger partial charge is 0.229 e. The van der Waals surface area contributed by atoms with Crippen molar-refractivity contribution in [1.29, 1.82) is 0 Å². The molecule has 2 unspecified atom stereocenters. The van der Waals surface area contributed by atoms with Gasteiger partial charge < -0.3 is 14.4 Å². The van der Waals surface area contributed by atoms with E-state index in [1.54, 1.807) is 6.26 Å². The van der Waals surface area contributed by atoms with Gasteiger partial charge in [-0.25, -0.2) is 0 Å². The van der Waals surface area contributed by atoms with Crippen molar-refractivity contribution < 1.29 is 9.47 Å². The summed E-state index contributed by atoms with van der Waals surface area (Å²) in [5.74, 6) is 2.39. The van der Waals surface area contributed by atoms with Crippen LogP contribution in [0, 0.1) is 5.92 Å². The second kappa shape index (κ2) is 7.70. The van der Waals surface area contributed by atoms with E-state index in [9.17, 15) is 0 Å². The van der Waals surface area contributed by atoms with Gasteiger partial charge in [0.2, 0.25) is 6.79 Å². The van der Waals surface area contributed by atoms with Crippen molar-refractivity contribution in [2.75, 3.05) is 19.9 Å². The Labute approximate surface area is 166 Å². The lowest BCUT2D eigenvalue weighted by molar-refractivity contribution is 0.0704. The van der Waals surface area contributed by atoms with E-state index in [1.807, 2.05) is 0 Å². The summed E-state index contributed by atoms with van der Waals surface area (Å²) in [5, 5.41) is 0. The molecule has 0 aromatic heterocycles. The lowest BCUT2D eigenvalue weighted by Crippen LogP contribution is -2.32. The molecule has 1 fully saturated rings. The number of amidine groups is 1. The number of nitrogens with zero attached hydrogens (tertiary/aromatic N) is 2. The molecule has 4 nitrogen and oxygen atoms in total. The fraction of sp³-hybridized carbons (Fsp3) is 0.375. The molecule has 28 heavy (non-hydrogen) atoms. The van der Waals surface area contributed by atoms with Gasteiger partial charge in [-0.3, -0.25) is 4.99 Å². The normalized spacial score (nSPS) is 21.6. The van der Waals surface area contributed by atoms with Crippen LogP contribution in [-0.4, -0.2) is 36.7 Å². The van der Waals surface area contributed by atoms with E-state index < -0.39 is 0 Å². The maximum Gasteiger partial charge on any atom is 0.229 e. The van der Waals surface area contributed by atoms with Crippen molar-refractivity contribution in [1.82, 2.24) is 4.90 Å². The number of hydrogen-bond acceptors (Lipinski definition) is 4. The van der Waals surface area contributed by atoms with Gasteiger partial charge in [0.25, 0.3) is 0 Å². The number of aliphatic imine (C=N–C) groups is 1. The quantitative estimate of drug-likeness (QED) is 0.761. The molecule has 0 N–H and O–H groups in total. The molecule has 2 atom stereocenters. The van der Waals surface area contributed by atoms with E-state index in [0.717, 1.165) is 31.7 Å². The Bertz CT molecular complexity index is 890. The first-order chi connectivity index (χ1) is 13.9. The third-order valence-electron chi connectivity index (χ3n) is 6.05. The van der Waals surface area contributed by atoms with Crippen LogP contribution in [0.5, 0.6) is 0 Å². The molecule has 0 spiro atoms. The van der Waals surface area contributed by atoms with Crippen LogP contribution in [0.4, 0.5) is 0 Å². The molecule has 4 heteroatoms. The van der Waals surface area contributed by atoms with Crippen molar-refractivity contribution in [3.8, 4) is 0 Å². The highest BCUT2D eigenvalue weighted by molar-refractivity contribution is 6.01. The summed E-state index contributed by atoms with van der Waals surface area (Å²) >= 11 is 0. The van der Waals surface area contributed by atoms with Crippen molar-refractivity contribution in [2.45, 2.75) is 31.7 Å². The Morgan fingerprint density at radius 1 is 1.04 bits per heavy atom. The van der Waals surface area contributed by atoms with Crippen molar-refractivity contribution in [2.24, 2.45) is 10.9 Å². The van der Waals surface area contributed by atoms with Crippen molar-refractivity contribution >= 4 is 5.84 Å². The van der Waals surface area contributed by atoms with Gasteiger partial charge in [-0.2, -0.15) is 0 Å². The number of ether oxygens (including phenoxy) is 2. The molecule has 0 saturated carbocycles. The molecule has 3 aliphatic rings. The molecule has 0 bridgehead atoms. The summed E-state index contributed by atoms with van der Waals surface area (Å²) in [6.07, 6.45) is 6.19. The molecule has 0 amide bonds. The highest BCUT2D eigenvalue weighted by Crippen LogP contribution is 2.30. The van der Waals surface area contributed by atoms with Crippen molar-refractivity contribution in [3.63, 3.8) is 0 Å². The second-order valence-corrected chi connectivity index (χ2v) is 7.85. The van der Waals surface area contributed by atoms with Gasteiger partial charge in [0.1, 0.15) is 17.9 Å². The van der Waals surface area contributed by atoms with E-state index in [-0.39, 0.29) is 5.92 Å². The number of fused-ring (bicyclic) bond motifs is 1. The first-order valence-corrected chi connectivity index (χ1v) is 10.3. The standard InChI is InChI=1S/C24H26N2O2/c1-2-7-18(8-3-1)13-20(23-16-27-17-28-23)14-19-9-4-5-11-22(19)24-25-15-21-10-6-12-26(21)24/h1-5,7-9,11,16,20-21H,6,10,12-15,17H2. The largest absolute Gasteiger partial charge is 0.462 e. The Balaban J connectivity index is 1.43. The topological polar surface area (TPSA) is 34.1 Å². The highest BCUT2D eigenvalue weighted by atomic mass is 16.7. The molecule has 3 aliphatic heterocycles. The molecular weight excluding hydrogens is 348 g/mol. The second-order valence-electron chi connectivity index (χ2n) is 7.85. The summed E-state index contributed by atoms with van der Waals surface area (Å²) in [5.41, 5.74) is 3.94. The Kier molecular flexibility index (Phi) is 4.78. The molecule has 3 heterocycles. The van der Waals surface area contributed by atoms with Gasteiger partial charge in [-0.05, 0) is 36.8 Å². The van der Waals surface area contributed by atoms with Crippen LogP contribution in [0.2, 0.25) is 0 Å². The molecule has 0 aliphatic carbocycles. The van der Waals surface area contributed by atoms with Crippen LogP contribution in [0.25, 0.3) is 0 Å². The summed E-state index contributed by atoms with van der Waals surface area (Å²) in [4.78, 5) is 7.43. The third kappa shape index (κ3) is 3.39. The molecular formula is C24H26N2O2. The molecule has 144 valence electrons. The Hall–Kier alpha value is -2.75. The first-order valence-electron chi connectivity index (χ1n) is 10.3. The Morgan fingerprint density at radius 3 is 2.75 bits per heavy atom. The van der Waals surface area contributed by atoms with Gasteiger partial charge in [-0.1, -0.05) is 54.6 Å².